The molecule has 0 N–H and O–H groups in total. The van der Waals surface area contributed by atoms with Gasteiger partial charge in [-0.1, -0.05) is 12.4 Å². The van der Waals surface area contributed by atoms with Gasteiger partial charge in [0.2, 0.25) is 0 Å². The summed E-state index contributed by atoms with van der Waals surface area (Å²) < 4.78 is 0. The Morgan fingerprint density at radius 2 is 2.44 bits per heavy atom. The first kappa shape index (κ1) is 9.46. The molecule has 0 fully saturated rings. The van der Waals surface area contributed by atoms with E-state index in [0.717, 1.165) is 0 Å². The van der Waals surface area contributed by atoms with Crippen LogP contribution in [0.2, 0.25) is 0 Å². The summed E-state index contributed by atoms with van der Waals surface area (Å²) in [5.74, 6) is 0. The van der Waals surface area contributed by atoms with Gasteiger partial charge in [-0.2, -0.15) is 6.72 Å². The quantitative estimate of drug-likeness (QED) is 0.256. The van der Waals surface area contributed by atoms with Crippen LogP contribution < -0.4 is 51.4 Å². The molecule has 0 saturated carbocycles. The Labute approximate surface area is 96.8 Å². The van der Waals surface area contributed by atoms with E-state index >= 15 is 0 Å². The van der Waals surface area contributed by atoms with Gasteiger partial charge in [0.1, 0.15) is 0 Å². The van der Waals surface area contributed by atoms with Crippen molar-refractivity contribution in [1.82, 2.24) is 4.98 Å². The maximum Gasteiger partial charge on any atom is 1.00 e. The van der Waals surface area contributed by atoms with Crippen molar-refractivity contribution in [1.29, 1.82) is 0 Å². The SMILES string of the molecule is [CH-]=Nc1[c-]cncc1.[K+]. The van der Waals surface area contributed by atoms with Crippen LogP contribution in [0.4, 0.5) is 5.69 Å². The normalized spacial score (nSPS) is 7.56. The Balaban J connectivity index is 0.000000640. The summed E-state index contributed by atoms with van der Waals surface area (Å²) in [5.41, 5.74) is 0.625. The largest absolute Gasteiger partial charge is 1.00 e. The van der Waals surface area contributed by atoms with Gasteiger partial charge in [-0.3, -0.25) is 11.8 Å². The fraction of sp³-hybridized carbons (Fsp3) is 0. The molecular weight excluding hydrogens is 139 g/mol. The van der Waals surface area contributed by atoms with Crippen molar-refractivity contribution in [2.75, 3.05) is 0 Å². The van der Waals surface area contributed by atoms with Gasteiger partial charge in [-0.05, 0) is 0 Å². The van der Waals surface area contributed by atoms with Crippen molar-refractivity contribution in [3.63, 3.8) is 0 Å². The van der Waals surface area contributed by atoms with Crippen LogP contribution in [0.1, 0.15) is 0 Å². The van der Waals surface area contributed by atoms with E-state index in [2.05, 4.69) is 16.0 Å². The molecule has 0 aliphatic carbocycles. The van der Waals surface area contributed by atoms with Crippen molar-refractivity contribution in [3.8, 4) is 0 Å². The third-order valence-corrected chi connectivity index (χ3v) is 0.745. The van der Waals surface area contributed by atoms with E-state index in [1.807, 2.05) is 0 Å². The summed E-state index contributed by atoms with van der Waals surface area (Å²) in [6.07, 6.45) is 3.13. The number of hydrogen-bond acceptors (Lipinski definition) is 2. The fourth-order valence-electron chi connectivity index (χ4n) is 0.388. The monoisotopic (exact) mass is 143 g/mol. The molecule has 0 aromatic carbocycles. The van der Waals surface area contributed by atoms with Crippen LogP contribution >= 0.6 is 0 Å². The number of aromatic nitrogens is 1. The average Bonchev–Trinajstić information content (AvgIpc) is 1.90. The van der Waals surface area contributed by atoms with E-state index in [1.54, 1.807) is 12.3 Å². The Morgan fingerprint density at radius 3 is 2.78 bits per heavy atom. The molecule has 0 unspecified atom stereocenters. The molecule has 1 aromatic heterocycles. The van der Waals surface area contributed by atoms with Gasteiger partial charge >= 0.3 is 51.4 Å². The maximum absolute atomic E-state index is 4.92. The minimum atomic E-state index is 0. The fourth-order valence-corrected chi connectivity index (χ4v) is 0.388. The van der Waals surface area contributed by atoms with Crippen LogP contribution in [0.3, 0.4) is 0 Å². The molecule has 1 aromatic rings. The van der Waals surface area contributed by atoms with Crippen molar-refractivity contribution in [3.05, 3.63) is 24.5 Å². The van der Waals surface area contributed by atoms with Crippen molar-refractivity contribution in [2.24, 2.45) is 4.99 Å². The molecule has 40 valence electrons. The standard InChI is InChI=1S/C6H4N2.K/c1-7-6-2-4-8-5-3-6;/h1-2,4-5H;/q-2;+1. The molecule has 1 heterocycles. The van der Waals surface area contributed by atoms with Crippen LogP contribution in [0.15, 0.2) is 23.5 Å². The maximum atomic E-state index is 4.92. The molecule has 0 aliphatic rings. The van der Waals surface area contributed by atoms with E-state index in [4.69, 9.17) is 6.72 Å². The van der Waals surface area contributed by atoms with Gasteiger partial charge in [0.05, 0.1) is 0 Å². The Kier molecular flexibility index (Phi) is 5.52. The van der Waals surface area contributed by atoms with Crippen LogP contribution in [-0.2, 0) is 0 Å². The molecule has 9 heavy (non-hydrogen) atoms. The summed E-state index contributed by atoms with van der Waals surface area (Å²) in [6, 6.07) is 4.40. The molecule has 0 bridgehead atoms. The predicted octanol–water partition coefficient (Wildman–Crippen LogP) is -1.91. The summed E-state index contributed by atoms with van der Waals surface area (Å²) in [4.78, 5) is 7.10. The van der Waals surface area contributed by atoms with Crippen molar-refractivity contribution in [2.45, 2.75) is 0 Å². The van der Waals surface area contributed by atoms with E-state index < -0.39 is 0 Å². The number of hydrogen-bond donors (Lipinski definition) is 0. The third-order valence-electron chi connectivity index (χ3n) is 0.745. The van der Waals surface area contributed by atoms with Gasteiger partial charge in [-0.15, -0.1) is 0 Å². The van der Waals surface area contributed by atoms with Gasteiger partial charge < -0.3 is 16.0 Å². The predicted molar refractivity (Wildman–Crippen MR) is 31.2 cm³/mol. The zero-order valence-electron chi connectivity index (χ0n) is 5.20. The summed E-state index contributed by atoms with van der Waals surface area (Å²) in [7, 11) is 0. The number of aliphatic imine (C=N–C) groups is 1. The zero-order chi connectivity index (χ0) is 5.82. The van der Waals surface area contributed by atoms with Gasteiger partial charge in [0.15, 0.2) is 0 Å². The second-order valence-electron chi connectivity index (χ2n) is 1.25. The van der Waals surface area contributed by atoms with E-state index in [1.165, 1.54) is 6.20 Å². The van der Waals surface area contributed by atoms with Gasteiger partial charge in [0, 0.05) is 0 Å². The topological polar surface area (TPSA) is 25.2 Å². The molecule has 0 aliphatic heterocycles. The van der Waals surface area contributed by atoms with Crippen LogP contribution in [0, 0.1) is 6.07 Å². The molecule has 0 saturated heterocycles. The first-order chi connectivity index (χ1) is 3.93. The molecule has 3 heteroatoms. The first-order valence-electron chi connectivity index (χ1n) is 2.16. The van der Waals surface area contributed by atoms with E-state index in [-0.39, 0.29) is 51.4 Å². The van der Waals surface area contributed by atoms with Gasteiger partial charge in [-0.25, -0.2) is 0 Å². The molecular formula is C6H4KN2-. The van der Waals surface area contributed by atoms with Crippen LogP contribution in [-0.4, -0.2) is 11.7 Å². The second kappa shape index (κ2) is 5.26. The minimum Gasteiger partial charge on any atom is -0.497 e. The summed E-state index contributed by atoms with van der Waals surface area (Å²) >= 11 is 0. The number of nitrogens with zero attached hydrogens (tertiary/aromatic N) is 2. The third kappa shape index (κ3) is 3.22. The Hall–Kier alpha value is 0.456. The van der Waals surface area contributed by atoms with E-state index in [0.29, 0.717) is 5.69 Å². The molecule has 2 nitrogen and oxygen atoms in total. The van der Waals surface area contributed by atoms with Gasteiger partial charge in [0.25, 0.3) is 0 Å². The number of rotatable bonds is 1. The first-order valence-corrected chi connectivity index (χ1v) is 2.16. The molecule has 1 rings (SSSR count). The Morgan fingerprint density at radius 1 is 1.67 bits per heavy atom. The van der Waals surface area contributed by atoms with E-state index in [9.17, 15) is 0 Å². The zero-order valence-corrected chi connectivity index (χ0v) is 8.33. The average molecular weight is 143 g/mol. The second-order valence-corrected chi connectivity index (χ2v) is 1.25. The molecule has 0 radical (unpaired) electrons. The molecule has 0 amide bonds. The minimum absolute atomic E-state index is 0. The van der Waals surface area contributed by atoms with Crippen molar-refractivity contribution < 1.29 is 51.4 Å². The molecule has 0 atom stereocenters. The van der Waals surface area contributed by atoms with Crippen LogP contribution in [0.25, 0.3) is 0 Å². The molecule has 0 spiro atoms. The summed E-state index contributed by atoms with van der Waals surface area (Å²) in [5, 5.41) is 0. The summed E-state index contributed by atoms with van der Waals surface area (Å²) in [6.45, 7) is 4.92. The smallest absolute Gasteiger partial charge is 0.497 e. The van der Waals surface area contributed by atoms with Crippen molar-refractivity contribution >= 4 is 12.4 Å². The van der Waals surface area contributed by atoms with Crippen LogP contribution in [0.5, 0.6) is 0 Å². The number of pyridine rings is 1. The Bertz CT molecular complexity index is 174.